The minimum atomic E-state index is -0.896. The van der Waals surface area contributed by atoms with Crippen molar-refractivity contribution in [3.8, 4) is 6.07 Å². The Morgan fingerprint density at radius 2 is 2.00 bits per heavy atom. The van der Waals surface area contributed by atoms with Crippen LogP contribution in [0.4, 0.5) is 0 Å². The van der Waals surface area contributed by atoms with Gasteiger partial charge in [0.2, 0.25) is 5.91 Å². The van der Waals surface area contributed by atoms with E-state index in [1.807, 2.05) is 26.0 Å². The molecule has 0 saturated carbocycles. The quantitative estimate of drug-likeness (QED) is 0.843. The third-order valence-electron chi connectivity index (χ3n) is 3.06. The molecule has 0 saturated heterocycles. The van der Waals surface area contributed by atoms with Crippen molar-refractivity contribution in [1.82, 2.24) is 10.3 Å². The van der Waals surface area contributed by atoms with Crippen molar-refractivity contribution >= 4 is 5.91 Å². The largest absolute Gasteiger partial charge is 0.351 e. The zero-order valence-corrected chi connectivity index (χ0v) is 10.2. The van der Waals surface area contributed by atoms with Crippen LogP contribution in [0.25, 0.3) is 0 Å². The number of nitrogens with zero attached hydrogens (tertiary/aromatic N) is 2. The van der Waals surface area contributed by atoms with E-state index in [-0.39, 0.29) is 5.91 Å². The molecule has 90 valence electrons. The maximum atomic E-state index is 12.0. The first kappa shape index (κ1) is 13.2. The molecule has 0 radical (unpaired) electrons. The zero-order chi connectivity index (χ0) is 12.7. The minimum Gasteiger partial charge on any atom is -0.351 e. The third-order valence-corrected chi connectivity index (χ3v) is 3.06. The van der Waals surface area contributed by atoms with Gasteiger partial charge in [-0.15, -0.1) is 0 Å². The van der Waals surface area contributed by atoms with Gasteiger partial charge in [0.25, 0.3) is 0 Å². The summed E-state index contributed by atoms with van der Waals surface area (Å²) in [6, 6.07) is 5.81. The van der Waals surface area contributed by atoms with Crippen LogP contribution < -0.4 is 5.32 Å². The summed E-state index contributed by atoms with van der Waals surface area (Å²) in [6.45, 7) is 4.16. The van der Waals surface area contributed by atoms with Crippen molar-refractivity contribution in [2.45, 2.75) is 33.2 Å². The van der Waals surface area contributed by atoms with Crippen LogP contribution in [-0.4, -0.2) is 10.9 Å². The van der Waals surface area contributed by atoms with E-state index >= 15 is 0 Å². The smallest absolute Gasteiger partial charge is 0.240 e. The van der Waals surface area contributed by atoms with Crippen LogP contribution in [-0.2, 0) is 11.3 Å². The molecule has 1 N–H and O–H groups in total. The number of aromatic nitrogens is 1. The SMILES string of the molecule is CCC(C#N)(CC)C(=O)NCc1ccncc1. The summed E-state index contributed by atoms with van der Waals surface area (Å²) in [5.41, 5.74) is 0.0833. The van der Waals surface area contributed by atoms with Crippen LogP contribution in [0.1, 0.15) is 32.3 Å². The Balaban J connectivity index is 2.64. The second-order valence-electron chi connectivity index (χ2n) is 3.94. The molecule has 0 bridgehead atoms. The van der Waals surface area contributed by atoms with Crippen molar-refractivity contribution in [2.24, 2.45) is 5.41 Å². The highest BCUT2D eigenvalue weighted by molar-refractivity contribution is 5.85. The van der Waals surface area contributed by atoms with Gasteiger partial charge in [0.15, 0.2) is 0 Å². The summed E-state index contributed by atoms with van der Waals surface area (Å²) >= 11 is 0. The van der Waals surface area contributed by atoms with Crippen LogP contribution in [0.15, 0.2) is 24.5 Å². The fraction of sp³-hybridized carbons (Fsp3) is 0.462. The second-order valence-corrected chi connectivity index (χ2v) is 3.94. The normalized spacial score (nSPS) is 10.6. The van der Waals surface area contributed by atoms with Crippen molar-refractivity contribution in [1.29, 1.82) is 5.26 Å². The minimum absolute atomic E-state index is 0.193. The van der Waals surface area contributed by atoms with Gasteiger partial charge in [-0.1, -0.05) is 13.8 Å². The molecule has 0 aromatic carbocycles. The van der Waals surface area contributed by atoms with Gasteiger partial charge in [-0.3, -0.25) is 9.78 Å². The highest BCUT2D eigenvalue weighted by Crippen LogP contribution is 2.25. The van der Waals surface area contributed by atoms with E-state index in [1.165, 1.54) is 0 Å². The van der Waals surface area contributed by atoms with Gasteiger partial charge < -0.3 is 5.32 Å². The average molecular weight is 231 g/mol. The number of carbonyl (C=O) groups is 1. The van der Waals surface area contributed by atoms with Crippen LogP contribution >= 0.6 is 0 Å². The first-order chi connectivity index (χ1) is 8.18. The lowest BCUT2D eigenvalue weighted by atomic mass is 9.83. The van der Waals surface area contributed by atoms with E-state index in [4.69, 9.17) is 5.26 Å². The van der Waals surface area contributed by atoms with Crippen LogP contribution in [0, 0.1) is 16.7 Å². The van der Waals surface area contributed by atoms with E-state index in [1.54, 1.807) is 12.4 Å². The predicted octanol–water partition coefficient (Wildman–Crippen LogP) is 2.03. The fourth-order valence-corrected chi connectivity index (χ4v) is 1.63. The Hall–Kier alpha value is -1.89. The van der Waals surface area contributed by atoms with Gasteiger partial charge in [0, 0.05) is 18.9 Å². The maximum absolute atomic E-state index is 12.0. The van der Waals surface area contributed by atoms with Crippen LogP contribution in [0.3, 0.4) is 0 Å². The summed E-state index contributed by atoms with van der Waals surface area (Å²) in [6.07, 6.45) is 4.42. The third kappa shape index (κ3) is 3.04. The number of amides is 1. The second kappa shape index (κ2) is 6.00. The lowest BCUT2D eigenvalue weighted by Crippen LogP contribution is -2.38. The molecule has 1 rings (SSSR count). The number of hydrogen-bond acceptors (Lipinski definition) is 3. The Bertz CT molecular complexity index is 404. The van der Waals surface area contributed by atoms with Gasteiger partial charge in [-0.2, -0.15) is 5.26 Å². The first-order valence-corrected chi connectivity index (χ1v) is 5.77. The van der Waals surface area contributed by atoms with E-state index in [9.17, 15) is 4.79 Å². The number of pyridine rings is 1. The van der Waals surface area contributed by atoms with Crippen LogP contribution in [0.5, 0.6) is 0 Å². The highest BCUT2D eigenvalue weighted by atomic mass is 16.2. The van der Waals surface area contributed by atoms with Crippen LogP contribution in [0.2, 0.25) is 0 Å². The molecule has 0 spiro atoms. The molecule has 0 aliphatic rings. The molecule has 0 aliphatic carbocycles. The van der Waals surface area contributed by atoms with E-state index in [0.717, 1.165) is 5.56 Å². The molecule has 0 atom stereocenters. The molecular formula is C13H17N3O. The van der Waals surface area contributed by atoms with Crippen molar-refractivity contribution in [3.63, 3.8) is 0 Å². The molecule has 1 heterocycles. The standard InChI is InChI=1S/C13H17N3O/c1-3-13(4-2,10-14)12(17)16-9-11-5-7-15-8-6-11/h5-8H,3-4,9H2,1-2H3,(H,16,17). The lowest BCUT2D eigenvalue weighted by Gasteiger charge is -2.22. The predicted molar refractivity (Wildman–Crippen MR) is 64.7 cm³/mol. The molecular weight excluding hydrogens is 214 g/mol. The Labute approximate surface area is 102 Å². The van der Waals surface area contributed by atoms with Crippen molar-refractivity contribution in [3.05, 3.63) is 30.1 Å². The fourth-order valence-electron chi connectivity index (χ4n) is 1.63. The van der Waals surface area contributed by atoms with Gasteiger partial charge in [-0.05, 0) is 30.5 Å². The van der Waals surface area contributed by atoms with E-state index in [0.29, 0.717) is 19.4 Å². The number of nitrogens with one attached hydrogen (secondary N) is 1. The molecule has 4 nitrogen and oxygen atoms in total. The molecule has 1 aromatic heterocycles. The van der Waals surface area contributed by atoms with Crippen molar-refractivity contribution in [2.75, 3.05) is 0 Å². The molecule has 4 heteroatoms. The summed E-state index contributed by atoms with van der Waals surface area (Å²) in [5, 5.41) is 11.9. The van der Waals surface area contributed by atoms with Gasteiger partial charge in [-0.25, -0.2) is 0 Å². The molecule has 1 amide bonds. The summed E-state index contributed by atoms with van der Waals surface area (Å²) < 4.78 is 0. The topological polar surface area (TPSA) is 65.8 Å². The average Bonchev–Trinajstić information content (AvgIpc) is 2.40. The van der Waals surface area contributed by atoms with Crippen molar-refractivity contribution < 1.29 is 4.79 Å². The lowest BCUT2D eigenvalue weighted by molar-refractivity contribution is -0.128. The molecule has 17 heavy (non-hydrogen) atoms. The number of hydrogen-bond donors (Lipinski definition) is 1. The summed E-state index contributed by atoms with van der Waals surface area (Å²) in [7, 11) is 0. The maximum Gasteiger partial charge on any atom is 0.240 e. The molecule has 0 aliphatic heterocycles. The summed E-state index contributed by atoms with van der Waals surface area (Å²) in [4.78, 5) is 15.9. The molecule has 1 aromatic rings. The summed E-state index contributed by atoms with van der Waals surface area (Å²) in [5.74, 6) is -0.193. The molecule has 0 fully saturated rings. The van der Waals surface area contributed by atoms with E-state index < -0.39 is 5.41 Å². The zero-order valence-electron chi connectivity index (χ0n) is 10.2. The first-order valence-electron chi connectivity index (χ1n) is 5.77. The number of rotatable bonds is 5. The Morgan fingerprint density at radius 1 is 1.41 bits per heavy atom. The van der Waals surface area contributed by atoms with Gasteiger partial charge in [0.05, 0.1) is 6.07 Å². The van der Waals surface area contributed by atoms with E-state index in [2.05, 4.69) is 16.4 Å². The van der Waals surface area contributed by atoms with Gasteiger partial charge >= 0.3 is 0 Å². The van der Waals surface area contributed by atoms with Gasteiger partial charge in [0.1, 0.15) is 5.41 Å². The molecule has 0 unspecified atom stereocenters. The number of carbonyl (C=O) groups excluding carboxylic acids is 1. The Morgan fingerprint density at radius 3 is 2.47 bits per heavy atom. The monoisotopic (exact) mass is 231 g/mol. The number of nitriles is 1. The highest BCUT2D eigenvalue weighted by Gasteiger charge is 2.34. The Kier molecular flexibility index (Phi) is 4.65.